The maximum atomic E-state index is 11.8. The molecule has 2 aliphatic carbocycles. The average molecular weight is 268 g/mol. The van der Waals surface area contributed by atoms with Crippen molar-refractivity contribution in [1.82, 2.24) is 10.6 Å². The summed E-state index contributed by atoms with van der Waals surface area (Å²) in [7, 11) is 1.64. The number of nitrogens with one attached hydrogen (secondary N) is 2. The second-order valence-corrected chi connectivity index (χ2v) is 7.07. The van der Waals surface area contributed by atoms with Crippen molar-refractivity contribution in [2.45, 2.75) is 46.1 Å². The number of carbonyl (C=O) groups is 1. The molecule has 0 aromatic rings. The minimum absolute atomic E-state index is 0.0687. The second kappa shape index (κ2) is 5.41. The van der Waals surface area contributed by atoms with E-state index in [1.54, 1.807) is 7.11 Å². The van der Waals surface area contributed by atoms with Gasteiger partial charge in [0.15, 0.2) is 0 Å². The number of rotatable bonds is 6. The van der Waals surface area contributed by atoms with Crippen LogP contribution in [0.2, 0.25) is 0 Å². The van der Waals surface area contributed by atoms with Crippen LogP contribution in [0.4, 0.5) is 0 Å². The molecule has 110 valence electrons. The van der Waals surface area contributed by atoms with Gasteiger partial charge in [0.05, 0.1) is 13.2 Å². The zero-order chi connectivity index (χ0) is 14.1. The van der Waals surface area contributed by atoms with E-state index < -0.39 is 0 Å². The summed E-state index contributed by atoms with van der Waals surface area (Å²) in [6, 6.07) is 0.451. The lowest BCUT2D eigenvalue weighted by Crippen LogP contribution is -2.52. The maximum absolute atomic E-state index is 11.8. The van der Waals surface area contributed by atoms with Crippen molar-refractivity contribution in [3.63, 3.8) is 0 Å². The van der Waals surface area contributed by atoms with Crippen LogP contribution in [-0.4, -0.2) is 38.8 Å². The number of amides is 1. The van der Waals surface area contributed by atoms with E-state index in [0.29, 0.717) is 36.6 Å². The van der Waals surface area contributed by atoms with Gasteiger partial charge in [-0.05, 0) is 36.0 Å². The van der Waals surface area contributed by atoms with Crippen LogP contribution in [0.25, 0.3) is 0 Å². The molecule has 2 saturated carbocycles. The van der Waals surface area contributed by atoms with Gasteiger partial charge >= 0.3 is 0 Å². The van der Waals surface area contributed by atoms with Crippen molar-refractivity contribution < 1.29 is 9.53 Å². The third-order valence-electron chi connectivity index (χ3n) is 5.36. The quantitative estimate of drug-likeness (QED) is 0.719. The van der Waals surface area contributed by atoms with Crippen molar-refractivity contribution >= 4 is 5.91 Å². The molecule has 19 heavy (non-hydrogen) atoms. The minimum Gasteiger partial charge on any atom is -0.383 e. The van der Waals surface area contributed by atoms with Gasteiger partial charge in [-0.15, -0.1) is 0 Å². The molecular weight excluding hydrogens is 240 g/mol. The molecule has 1 amide bonds. The first-order valence-electron chi connectivity index (χ1n) is 7.39. The van der Waals surface area contributed by atoms with Crippen LogP contribution in [0.3, 0.4) is 0 Å². The van der Waals surface area contributed by atoms with Gasteiger partial charge < -0.3 is 15.4 Å². The van der Waals surface area contributed by atoms with Crippen LogP contribution < -0.4 is 10.6 Å². The summed E-state index contributed by atoms with van der Waals surface area (Å²) < 4.78 is 4.92. The van der Waals surface area contributed by atoms with Crippen LogP contribution >= 0.6 is 0 Å². The summed E-state index contributed by atoms with van der Waals surface area (Å²) in [5.41, 5.74) is 0.681. The van der Waals surface area contributed by atoms with Gasteiger partial charge in [-0.3, -0.25) is 4.79 Å². The SMILES string of the molecule is COCCNC(=O)CNC1C2(C)CCC(C2)C1(C)C. The fraction of sp³-hybridized carbons (Fsp3) is 0.933. The smallest absolute Gasteiger partial charge is 0.234 e. The Balaban J connectivity index is 1.84. The molecule has 0 heterocycles. The monoisotopic (exact) mass is 268 g/mol. The van der Waals surface area contributed by atoms with Crippen LogP contribution in [0, 0.1) is 16.7 Å². The summed E-state index contributed by atoms with van der Waals surface area (Å²) in [6.45, 7) is 8.65. The topological polar surface area (TPSA) is 50.4 Å². The summed E-state index contributed by atoms with van der Waals surface area (Å²) in [4.78, 5) is 11.8. The minimum atomic E-state index is 0.0687. The van der Waals surface area contributed by atoms with Crippen molar-refractivity contribution in [2.24, 2.45) is 16.7 Å². The fourth-order valence-corrected chi connectivity index (χ4v) is 4.36. The molecule has 0 aromatic heterocycles. The summed E-state index contributed by atoms with van der Waals surface area (Å²) in [5.74, 6) is 0.880. The van der Waals surface area contributed by atoms with Gasteiger partial charge in [0.1, 0.15) is 0 Å². The van der Waals surface area contributed by atoms with Gasteiger partial charge in [-0.2, -0.15) is 0 Å². The molecule has 0 saturated heterocycles. The standard InChI is InChI=1S/C15H28N2O2/c1-14(2)11-5-6-15(3,9-11)13(14)17-10-12(18)16-7-8-19-4/h11,13,17H,5-10H2,1-4H3,(H,16,18). The molecule has 2 bridgehead atoms. The number of fused-ring (bicyclic) bond motifs is 2. The van der Waals surface area contributed by atoms with E-state index in [1.165, 1.54) is 19.3 Å². The van der Waals surface area contributed by atoms with Crippen LogP contribution in [-0.2, 0) is 9.53 Å². The Morgan fingerprint density at radius 3 is 2.68 bits per heavy atom. The zero-order valence-corrected chi connectivity index (χ0v) is 12.7. The van der Waals surface area contributed by atoms with E-state index >= 15 is 0 Å². The largest absolute Gasteiger partial charge is 0.383 e. The van der Waals surface area contributed by atoms with Gasteiger partial charge in [-0.1, -0.05) is 20.8 Å². The fourth-order valence-electron chi connectivity index (χ4n) is 4.36. The first kappa shape index (κ1) is 14.8. The Morgan fingerprint density at radius 2 is 2.11 bits per heavy atom. The molecule has 0 aromatic carbocycles. The number of ether oxygens (including phenoxy) is 1. The molecule has 2 N–H and O–H groups in total. The van der Waals surface area contributed by atoms with Crippen molar-refractivity contribution in [3.8, 4) is 0 Å². The van der Waals surface area contributed by atoms with Crippen molar-refractivity contribution in [1.29, 1.82) is 0 Å². The highest BCUT2D eigenvalue weighted by Crippen LogP contribution is 2.62. The normalized spacial score (nSPS) is 35.6. The number of carbonyl (C=O) groups excluding carboxylic acids is 1. The highest BCUT2D eigenvalue weighted by molar-refractivity contribution is 5.78. The highest BCUT2D eigenvalue weighted by atomic mass is 16.5. The molecule has 2 fully saturated rings. The third kappa shape index (κ3) is 2.79. The van der Waals surface area contributed by atoms with Gasteiger partial charge in [0.25, 0.3) is 0 Å². The molecule has 4 heteroatoms. The lowest BCUT2D eigenvalue weighted by molar-refractivity contribution is -0.120. The molecule has 3 unspecified atom stereocenters. The Bertz CT molecular complexity index is 338. The van der Waals surface area contributed by atoms with Crippen LogP contribution in [0.5, 0.6) is 0 Å². The van der Waals surface area contributed by atoms with Crippen molar-refractivity contribution in [2.75, 3.05) is 26.8 Å². The predicted octanol–water partition coefficient (Wildman–Crippen LogP) is 1.55. The van der Waals surface area contributed by atoms with E-state index in [4.69, 9.17) is 4.74 Å². The molecule has 2 rings (SSSR count). The highest BCUT2D eigenvalue weighted by Gasteiger charge is 2.58. The Morgan fingerprint density at radius 1 is 1.37 bits per heavy atom. The molecule has 0 radical (unpaired) electrons. The van der Waals surface area contributed by atoms with Gasteiger partial charge in [0.2, 0.25) is 5.91 Å². The maximum Gasteiger partial charge on any atom is 0.234 e. The van der Waals surface area contributed by atoms with Gasteiger partial charge in [0, 0.05) is 19.7 Å². The predicted molar refractivity (Wildman–Crippen MR) is 75.9 cm³/mol. The van der Waals surface area contributed by atoms with E-state index in [9.17, 15) is 4.79 Å². The van der Waals surface area contributed by atoms with E-state index in [-0.39, 0.29) is 5.91 Å². The molecule has 0 aliphatic heterocycles. The molecule has 0 spiro atoms. The summed E-state index contributed by atoms with van der Waals surface area (Å²) >= 11 is 0. The van der Waals surface area contributed by atoms with Crippen LogP contribution in [0.1, 0.15) is 40.0 Å². The van der Waals surface area contributed by atoms with Gasteiger partial charge in [-0.25, -0.2) is 0 Å². The molecule has 3 atom stereocenters. The van der Waals surface area contributed by atoms with E-state index in [2.05, 4.69) is 31.4 Å². The lowest BCUT2D eigenvalue weighted by Gasteiger charge is -2.43. The number of hydrogen-bond donors (Lipinski definition) is 2. The van der Waals surface area contributed by atoms with E-state index in [0.717, 1.165) is 5.92 Å². The molecule has 4 nitrogen and oxygen atoms in total. The first-order chi connectivity index (χ1) is 8.90. The first-order valence-corrected chi connectivity index (χ1v) is 7.39. The lowest BCUT2D eigenvalue weighted by atomic mass is 9.68. The second-order valence-electron chi connectivity index (χ2n) is 7.07. The summed E-state index contributed by atoms with van der Waals surface area (Å²) in [6.07, 6.45) is 3.95. The molecule has 2 aliphatic rings. The average Bonchev–Trinajstić information content (AvgIpc) is 2.80. The third-order valence-corrected chi connectivity index (χ3v) is 5.36. The Hall–Kier alpha value is -0.610. The number of methoxy groups -OCH3 is 1. The van der Waals surface area contributed by atoms with E-state index in [1.807, 2.05) is 0 Å². The summed E-state index contributed by atoms with van der Waals surface area (Å²) in [5, 5.41) is 6.38. The molecular formula is C15H28N2O2. The van der Waals surface area contributed by atoms with Crippen molar-refractivity contribution in [3.05, 3.63) is 0 Å². The zero-order valence-electron chi connectivity index (χ0n) is 12.7. The Kier molecular flexibility index (Phi) is 4.21. The Labute approximate surface area is 116 Å². The number of hydrogen-bond acceptors (Lipinski definition) is 3. The van der Waals surface area contributed by atoms with Crippen LogP contribution in [0.15, 0.2) is 0 Å².